The van der Waals surface area contributed by atoms with Crippen LogP contribution in [0, 0.1) is 0 Å². The first-order chi connectivity index (χ1) is 7.90. The molecule has 0 bridgehead atoms. The Bertz CT molecular complexity index is 405. The van der Waals surface area contributed by atoms with Crippen LogP contribution >= 0.6 is 0 Å². The van der Waals surface area contributed by atoms with E-state index in [0.29, 0.717) is 0 Å². The van der Waals surface area contributed by atoms with Gasteiger partial charge in [0.15, 0.2) is 0 Å². The Morgan fingerprint density at radius 1 is 1.12 bits per heavy atom. The van der Waals surface area contributed by atoms with Gasteiger partial charge in [-0.15, -0.1) is 5.10 Å². The Kier molecular flexibility index (Phi) is 3.66. The second-order valence-electron chi connectivity index (χ2n) is 3.76. The number of aromatic nitrogens is 3. The first-order valence-corrected chi connectivity index (χ1v) is 5.56. The molecule has 0 saturated carbocycles. The lowest BCUT2D eigenvalue weighted by atomic mass is 10.1. The van der Waals surface area contributed by atoms with Gasteiger partial charge in [0.05, 0.1) is 18.1 Å². The van der Waals surface area contributed by atoms with Gasteiger partial charge in [0.1, 0.15) is 0 Å². The number of nitrogens with zero attached hydrogens (tertiary/aromatic N) is 3. The van der Waals surface area contributed by atoms with Gasteiger partial charge in [-0.3, -0.25) is 0 Å². The Labute approximate surface area is 95.1 Å². The molecule has 0 radical (unpaired) electrons. The minimum absolute atomic E-state index is 0.775. The number of hydrogen-bond donors (Lipinski definition) is 1. The third kappa shape index (κ3) is 2.67. The van der Waals surface area contributed by atoms with Crippen molar-refractivity contribution < 1.29 is 0 Å². The zero-order valence-electron chi connectivity index (χ0n) is 9.21. The lowest BCUT2D eigenvalue weighted by Gasteiger charge is -2.03. The van der Waals surface area contributed by atoms with Crippen LogP contribution in [0.1, 0.15) is 18.4 Å². The van der Waals surface area contributed by atoms with Gasteiger partial charge in [-0.1, -0.05) is 17.3 Å². The number of aryl methyl sites for hydroxylation is 1. The smallest absolute Gasteiger partial charge is 0.0697 e. The molecule has 4 heteroatoms. The van der Waals surface area contributed by atoms with Gasteiger partial charge in [0.2, 0.25) is 0 Å². The van der Waals surface area contributed by atoms with E-state index in [1.54, 1.807) is 10.9 Å². The molecule has 2 aromatic rings. The van der Waals surface area contributed by atoms with E-state index in [9.17, 15) is 0 Å². The highest BCUT2D eigenvalue weighted by Gasteiger charge is 1.97. The van der Waals surface area contributed by atoms with E-state index in [4.69, 9.17) is 5.73 Å². The van der Waals surface area contributed by atoms with Gasteiger partial charge < -0.3 is 5.73 Å². The van der Waals surface area contributed by atoms with E-state index in [2.05, 4.69) is 34.6 Å². The molecule has 0 atom stereocenters. The third-order valence-corrected chi connectivity index (χ3v) is 2.54. The maximum Gasteiger partial charge on any atom is 0.0697 e. The van der Waals surface area contributed by atoms with Gasteiger partial charge >= 0.3 is 0 Å². The molecule has 0 aliphatic carbocycles. The average molecular weight is 216 g/mol. The van der Waals surface area contributed by atoms with E-state index in [1.807, 2.05) is 6.20 Å². The van der Waals surface area contributed by atoms with Crippen molar-refractivity contribution in [1.29, 1.82) is 0 Å². The summed E-state index contributed by atoms with van der Waals surface area (Å²) in [4.78, 5) is 0. The van der Waals surface area contributed by atoms with Crippen molar-refractivity contribution >= 4 is 0 Å². The van der Waals surface area contributed by atoms with Crippen LogP contribution < -0.4 is 5.73 Å². The van der Waals surface area contributed by atoms with Crippen LogP contribution in [0.2, 0.25) is 0 Å². The fourth-order valence-corrected chi connectivity index (χ4v) is 1.63. The first kappa shape index (κ1) is 10.8. The van der Waals surface area contributed by atoms with E-state index < -0.39 is 0 Å². The van der Waals surface area contributed by atoms with Crippen LogP contribution in [0.4, 0.5) is 0 Å². The second kappa shape index (κ2) is 5.42. The molecule has 0 unspecified atom stereocenters. The fraction of sp³-hybridized carbons (Fsp3) is 0.333. The van der Waals surface area contributed by atoms with Crippen molar-refractivity contribution in [2.45, 2.75) is 19.3 Å². The van der Waals surface area contributed by atoms with Crippen molar-refractivity contribution in [3.8, 4) is 5.69 Å². The van der Waals surface area contributed by atoms with Crippen LogP contribution in [0.5, 0.6) is 0 Å². The summed E-state index contributed by atoms with van der Waals surface area (Å²) in [6.07, 6.45) is 6.84. The maximum absolute atomic E-state index is 5.46. The average Bonchev–Trinajstić information content (AvgIpc) is 2.84. The van der Waals surface area contributed by atoms with E-state index in [0.717, 1.165) is 31.5 Å². The zero-order valence-corrected chi connectivity index (χ0v) is 9.21. The largest absolute Gasteiger partial charge is 0.330 e. The molecule has 0 amide bonds. The van der Waals surface area contributed by atoms with Gasteiger partial charge in [-0.2, -0.15) is 0 Å². The number of benzene rings is 1. The lowest BCUT2D eigenvalue weighted by molar-refractivity contribution is 0.744. The SMILES string of the molecule is NCCCCc1ccc(-n2ccnn2)cc1. The summed E-state index contributed by atoms with van der Waals surface area (Å²) in [6, 6.07) is 8.39. The minimum atomic E-state index is 0.775. The molecule has 0 saturated heterocycles. The molecule has 16 heavy (non-hydrogen) atoms. The quantitative estimate of drug-likeness (QED) is 0.771. The monoisotopic (exact) mass is 216 g/mol. The Balaban J connectivity index is 2.00. The normalized spacial score (nSPS) is 10.6. The van der Waals surface area contributed by atoms with Crippen LogP contribution in [-0.2, 0) is 6.42 Å². The molecule has 0 fully saturated rings. The maximum atomic E-state index is 5.46. The molecule has 84 valence electrons. The molecule has 0 aliphatic rings. The van der Waals surface area contributed by atoms with Gasteiger partial charge in [-0.05, 0) is 43.5 Å². The second-order valence-corrected chi connectivity index (χ2v) is 3.76. The van der Waals surface area contributed by atoms with Crippen LogP contribution in [0.15, 0.2) is 36.7 Å². The van der Waals surface area contributed by atoms with Crippen LogP contribution in [-0.4, -0.2) is 21.5 Å². The molecule has 4 nitrogen and oxygen atoms in total. The minimum Gasteiger partial charge on any atom is -0.330 e. The molecule has 1 heterocycles. The summed E-state index contributed by atoms with van der Waals surface area (Å²) in [7, 11) is 0. The highest BCUT2D eigenvalue weighted by atomic mass is 15.4. The number of nitrogens with two attached hydrogens (primary N) is 1. The number of rotatable bonds is 5. The molecule has 0 spiro atoms. The van der Waals surface area contributed by atoms with Crippen molar-refractivity contribution in [3.05, 3.63) is 42.2 Å². The summed E-state index contributed by atoms with van der Waals surface area (Å²) in [5, 5.41) is 7.72. The predicted molar refractivity (Wildman–Crippen MR) is 63.4 cm³/mol. The zero-order chi connectivity index (χ0) is 11.2. The van der Waals surface area contributed by atoms with Gasteiger partial charge in [0, 0.05) is 0 Å². The standard InChI is InChI=1S/C12H16N4/c13-8-2-1-3-11-4-6-12(7-5-11)16-10-9-14-15-16/h4-7,9-10H,1-3,8,13H2. The molecular formula is C12H16N4. The van der Waals surface area contributed by atoms with E-state index in [1.165, 1.54) is 5.56 Å². The fourth-order valence-electron chi connectivity index (χ4n) is 1.63. The van der Waals surface area contributed by atoms with Crippen molar-refractivity contribution in [2.75, 3.05) is 6.54 Å². The molecular weight excluding hydrogens is 200 g/mol. The molecule has 1 aromatic heterocycles. The highest BCUT2D eigenvalue weighted by Crippen LogP contribution is 2.10. The Morgan fingerprint density at radius 2 is 1.94 bits per heavy atom. The first-order valence-electron chi connectivity index (χ1n) is 5.56. The van der Waals surface area contributed by atoms with E-state index in [-0.39, 0.29) is 0 Å². The van der Waals surface area contributed by atoms with Crippen LogP contribution in [0.25, 0.3) is 5.69 Å². The third-order valence-electron chi connectivity index (χ3n) is 2.54. The Hall–Kier alpha value is -1.68. The van der Waals surface area contributed by atoms with Crippen molar-refractivity contribution in [2.24, 2.45) is 5.73 Å². The molecule has 1 aromatic carbocycles. The lowest BCUT2D eigenvalue weighted by Crippen LogP contribution is -1.99. The van der Waals surface area contributed by atoms with Gasteiger partial charge in [-0.25, -0.2) is 4.68 Å². The topological polar surface area (TPSA) is 56.7 Å². The Morgan fingerprint density at radius 3 is 2.56 bits per heavy atom. The summed E-state index contributed by atoms with van der Waals surface area (Å²) in [6.45, 7) is 0.775. The summed E-state index contributed by atoms with van der Waals surface area (Å²) in [5.41, 5.74) is 7.85. The number of hydrogen-bond acceptors (Lipinski definition) is 3. The predicted octanol–water partition coefficient (Wildman–Crippen LogP) is 1.55. The molecule has 2 rings (SSSR count). The number of unbranched alkanes of at least 4 members (excludes halogenated alkanes) is 1. The van der Waals surface area contributed by atoms with E-state index >= 15 is 0 Å². The highest BCUT2D eigenvalue weighted by molar-refractivity contribution is 5.33. The summed E-state index contributed by atoms with van der Waals surface area (Å²) < 4.78 is 1.75. The molecule has 0 aliphatic heterocycles. The van der Waals surface area contributed by atoms with Crippen LogP contribution in [0.3, 0.4) is 0 Å². The van der Waals surface area contributed by atoms with Crippen molar-refractivity contribution in [1.82, 2.24) is 15.0 Å². The van der Waals surface area contributed by atoms with Crippen molar-refractivity contribution in [3.63, 3.8) is 0 Å². The van der Waals surface area contributed by atoms with Gasteiger partial charge in [0.25, 0.3) is 0 Å². The summed E-state index contributed by atoms with van der Waals surface area (Å²) in [5.74, 6) is 0. The summed E-state index contributed by atoms with van der Waals surface area (Å²) >= 11 is 0. The molecule has 2 N–H and O–H groups in total.